The van der Waals surface area contributed by atoms with Gasteiger partial charge in [0.1, 0.15) is 11.8 Å². The van der Waals surface area contributed by atoms with Crippen LogP contribution in [0.25, 0.3) is 0 Å². The van der Waals surface area contributed by atoms with Crippen molar-refractivity contribution in [3.8, 4) is 5.75 Å². The van der Waals surface area contributed by atoms with Crippen LogP contribution in [0, 0.1) is 49.4 Å². The fourth-order valence-corrected chi connectivity index (χ4v) is 5.61. The highest BCUT2D eigenvalue weighted by Gasteiger charge is 2.67. The van der Waals surface area contributed by atoms with Crippen molar-refractivity contribution in [2.75, 3.05) is 0 Å². The van der Waals surface area contributed by atoms with E-state index in [1.54, 1.807) is 6.92 Å². The molecule has 1 aliphatic heterocycles. The predicted molar refractivity (Wildman–Crippen MR) is 97.6 cm³/mol. The fraction of sp³-hybridized carbons (Fsp3) is 0.500. The Kier molecular flexibility index (Phi) is 3.43. The van der Waals surface area contributed by atoms with Crippen molar-refractivity contribution < 1.29 is 19.1 Å². The first-order valence-corrected chi connectivity index (χ1v) is 9.73. The molecule has 5 aliphatic rings. The Labute approximate surface area is 158 Å². The van der Waals surface area contributed by atoms with E-state index >= 15 is 0 Å². The molecule has 1 saturated heterocycles. The normalized spacial score (nSPS) is 36.5. The third-order valence-electron chi connectivity index (χ3n) is 7.04. The Bertz CT molecular complexity index is 847. The number of hydrogen-bond donors (Lipinski definition) is 0. The summed E-state index contributed by atoms with van der Waals surface area (Å²) >= 11 is 0. The summed E-state index contributed by atoms with van der Waals surface area (Å²) in [7, 11) is 0. The summed E-state index contributed by atoms with van der Waals surface area (Å²) in [6.07, 6.45) is 5.39. The molecule has 2 amide bonds. The molecule has 0 N–H and O–H groups in total. The summed E-state index contributed by atoms with van der Waals surface area (Å²) in [5, 5.41) is 0. The average molecular weight is 365 g/mol. The number of ether oxygens (including phenoxy) is 1. The number of benzene rings is 1. The first-order chi connectivity index (χ1) is 12.9. The lowest BCUT2D eigenvalue weighted by Gasteiger charge is -2.37. The highest BCUT2D eigenvalue weighted by atomic mass is 16.5. The summed E-state index contributed by atoms with van der Waals surface area (Å²) in [6.45, 7) is 5.34. The second kappa shape index (κ2) is 5.54. The van der Waals surface area contributed by atoms with Gasteiger partial charge in [-0.1, -0.05) is 30.4 Å². The molecule has 0 spiro atoms. The number of likely N-dealkylation sites (tertiary alicyclic amines) is 1. The number of hydrogen-bond acceptors (Lipinski definition) is 4. The standard InChI is InChI=1S/C22H23NO4/c1-10-5-4-6-11(2)19(10)27-22(26)12(3)23-20(24)17-13-7-8-14(16-9-15(13)16)18(17)21(23)25/h4-8,12-18H,9H2,1-3H3/t12-,13-,14+,15-,16+,17+,18-/m0/s1. The Balaban J connectivity index is 1.40. The van der Waals surface area contributed by atoms with E-state index in [0.717, 1.165) is 17.5 Å². The van der Waals surface area contributed by atoms with Crippen LogP contribution in [-0.2, 0) is 14.4 Å². The van der Waals surface area contributed by atoms with Gasteiger partial charge in [0.2, 0.25) is 11.8 Å². The van der Waals surface area contributed by atoms with Crippen LogP contribution >= 0.6 is 0 Å². The molecule has 6 rings (SSSR count). The maximum absolute atomic E-state index is 13.1. The van der Waals surface area contributed by atoms with Gasteiger partial charge in [-0.3, -0.25) is 14.5 Å². The molecular formula is C22H23NO4. The van der Waals surface area contributed by atoms with Gasteiger partial charge in [-0.25, -0.2) is 4.79 Å². The van der Waals surface area contributed by atoms with Crippen molar-refractivity contribution in [1.29, 1.82) is 0 Å². The average Bonchev–Trinajstić information content (AvgIpc) is 3.42. The molecular weight excluding hydrogens is 342 g/mol. The van der Waals surface area contributed by atoms with Gasteiger partial charge in [0.25, 0.3) is 0 Å². The van der Waals surface area contributed by atoms with E-state index in [-0.39, 0.29) is 35.5 Å². The molecule has 140 valence electrons. The maximum Gasteiger partial charge on any atom is 0.334 e. The molecule has 1 aromatic rings. The minimum atomic E-state index is -0.912. The van der Waals surface area contributed by atoms with Crippen molar-refractivity contribution in [2.45, 2.75) is 33.2 Å². The topological polar surface area (TPSA) is 63.7 Å². The molecule has 1 heterocycles. The molecule has 0 radical (unpaired) electrons. The third-order valence-corrected chi connectivity index (χ3v) is 7.04. The molecule has 1 aromatic carbocycles. The largest absolute Gasteiger partial charge is 0.424 e. The number of esters is 1. The van der Waals surface area contributed by atoms with Gasteiger partial charge in [0, 0.05) is 0 Å². The van der Waals surface area contributed by atoms with E-state index in [0.29, 0.717) is 17.6 Å². The third kappa shape index (κ3) is 2.20. The van der Waals surface area contributed by atoms with E-state index in [1.165, 1.54) is 4.90 Å². The number of nitrogens with zero attached hydrogens (tertiary/aromatic N) is 1. The monoisotopic (exact) mass is 365 g/mol. The summed E-state index contributed by atoms with van der Waals surface area (Å²) in [4.78, 5) is 40.2. The van der Waals surface area contributed by atoms with Gasteiger partial charge >= 0.3 is 5.97 Å². The van der Waals surface area contributed by atoms with Gasteiger partial charge in [-0.2, -0.15) is 0 Å². The van der Waals surface area contributed by atoms with E-state index in [2.05, 4.69) is 12.2 Å². The summed E-state index contributed by atoms with van der Waals surface area (Å²) in [5.74, 6) is 0.415. The summed E-state index contributed by atoms with van der Waals surface area (Å²) in [5.41, 5.74) is 1.70. The number of carbonyl (C=O) groups excluding carboxylic acids is 3. The van der Waals surface area contributed by atoms with E-state index in [4.69, 9.17) is 4.74 Å². The molecule has 2 bridgehead atoms. The smallest absolute Gasteiger partial charge is 0.334 e. The number of imide groups is 1. The summed E-state index contributed by atoms with van der Waals surface area (Å²) < 4.78 is 5.60. The number of amides is 2. The Morgan fingerprint density at radius 1 is 1.04 bits per heavy atom. The van der Waals surface area contributed by atoms with Crippen molar-refractivity contribution in [3.63, 3.8) is 0 Å². The number of allylic oxidation sites excluding steroid dienone is 2. The molecule has 5 nitrogen and oxygen atoms in total. The van der Waals surface area contributed by atoms with Gasteiger partial charge in [0.15, 0.2) is 0 Å². The molecule has 0 aromatic heterocycles. The number of para-hydroxylation sites is 1. The Morgan fingerprint density at radius 2 is 1.56 bits per heavy atom. The zero-order chi connectivity index (χ0) is 19.0. The number of rotatable bonds is 3. The summed E-state index contributed by atoms with van der Waals surface area (Å²) in [6, 6.07) is 4.73. The lowest BCUT2D eigenvalue weighted by Crippen LogP contribution is -2.45. The molecule has 27 heavy (non-hydrogen) atoms. The minimum Gasteiger partial charge on any atom is -0.424 e. The van der Waals surface area contributed by atoms with Crippen LogP contribution in [0.4, 0.5) is 0 Å². The Morgan fingerprint density at radius 3 is 2.07 bits per heavy atom. The van der Waals surface area contributed by atoms with Crippen LogP contribution in [0.15, 0.2) is 30.4 Å². The van der Waals surface area contributed by atoms with Crippen LogP contribution in [0.1, 0.15) is 24.5 Å². The lowest BCUT2D eigenvalue weighted by atomic mass is 9.63. The van der Waals surface area contributed by atoms with Crippen LogP contribution in [0.5, 0.6) is 5.75 Å². The molecule has 0 unspecified atom stereocenters. The van der Waals surface area contributed by atoms with Crippen LogP contribution < -0.4 is 4.74 Å². The molecule has 5 heteroatoms. The molecule has 3 fully saturated rings. The zero-order valence-corrected chi connectivity index (χ0v) is 15.7. The van der Waals surface area contributed by atoms with Crippen molar-refractivity contribution in [3.05, 3.63) is 41.5 Å². The van der Waals surface area contributed by atoms with Gasteiger partial charge in [-0.15, -0.1) is 0 Å². The predicted octanol–water partition coefficient (Wildman–Crippen LogP) is 2.65. The minimum absolute atomic E-state index is 0.160. The van der Waals surface area contributed by atoms with Crippen molar-refractivity contribution >= 4 is 17.8 Å². The van der Waals surface area contributed by atoms with Gasteiger partial charge in [-0.05, 0) is 62.0 Å². The SMILES string of the molecule is Cc1cccc(C)c1OC(=O)[C@H](C)N1C(=O)[C@@H]2[C@H]3C=C[C@H]([C@H]4C[C@@H]34)[C@@H]2C1=O. The second-order valence-electron chi connectivity index (χ2n) is 8.52. The molecule has 7 atom stereocenters. The van der Waals surface area contributed by atoms with E-state index in [1.807, 2.05) is 32.0 Å². The van der Waals surface area contributed by atoms with E-state index < -0.39 is 12.0 Å². The maximum atomic E-state index is 13.1. The number of aryl methyl sites for hydroxylation is 2. The first-order valence-electron chi connectivity index (χ1n) is 9.73. The highest BCUT2D eigenvalue weighted by molar-refractivity contribution is 6.08. The van der Waals surface area contributed by atoms with E-state index in [9.17, 15) is 14.4 Å². The van der Waals surface area contributed by atoms with Crippen molar-refractivity contribution in [2.24, 2.45) is 35.5 Å². The zero-order valence-electron chi connectivity index (χ0n) is 15.7. The van der Waals surface area contributed by atoms with Gasteiger partial charge < -0.3 is 4.74 Å². The second-order valence-corrected chi connectivity index (χ2v) is 8.52. The highest BCUT2D eigenvalue weighted by Crippen LogP contribution is 2.65. The van der Waals surface area contributed by atoms with Crippen LogP contribution in [-0.4, -0.2) is 28.7 Å². The molecule has 4 aliphatic carbocycles. The Hall–Kier alpha value is -2.43. The first kappa shape index (κ1) is 16.7. The quantitative estimate of drug-likeness (QED) is 0.358. The fourth-order valence-electron chi connectivity index (χ4n) is 5.61. The van der Waals surface area contributed by atoms with Crippen molar-refractivity contribution in [1.82, 2.24) is 4.90 Å². The van der Waals surface area contributed by atoms with Gasteiger partial charge in [0.05, 0.1) is 11.8 Å². The number of carbonyl (C=O) groups is 3. The lowest BCUT2D eigenvalue weighted by molar-refractivity contribution is -0.152. The van der Waals surface area contributed by atoms with Crippen LogP contribution in [0.2, 0.25) is 0 Å². The molecule has 2 saturated carbocycles. The van der Waals surface area contributed by atoms with Crippen LogP contribution in [0.3, 0.4) is 0 Å².